The second kappa shape index (κ2) is 4.00. The number of rotatable bonds is 2. The topological polar surface area (TPSA) is 29.4 Å². The quantitative estimate of drug-likeness (QED) is 0.591. The third-order valence-corrected chi connectivity index (χ3v) is 2.34. The fourth-order valence-electron chi connectivity index (χ4n) is 0.335. The highest BCUT2D eigenvalue weighted by atomic mass is 32.2. The Kier molecular flexibility index (Phi) is 3.93. The van der Waals surface area contributed by atoms with Gasteiger partial charge >= 0.3 is 0 Å². The lowest BCUT2D eigenvalue weighted by atomic mass is 10.3. The fraction of sp³-hybridized carbons (Fsp3) is 0.875. The van der Waals surface area contributed by atoms with E-state index < -0.39 is 11.0 Å². The average Bonchev–Trinajstić information content (AvgIpc) is 1.80. The molecular weight excluding hydrogens is 158 g/mol. The largest absolute Gasteiger partial charge is 0.234 e. The van der Waals surface area contributed by atoms with Crippen LogP contribution in [0.4, 0.5) is 0 Å². The molecule has 0 saturated carbocycles. The highest BCUT2D eigenvalue weighted by Crippen LogP contribution is 2.11. The summed E-state index contributed by atoms with van der Waals surface area (Å²) in [5.41, 5.74) is 0. The molecule has 0 spiro atoms. The van der Waals surface area contributed by atoms with Gasteiger partial charge in [-0.05, 0) is 26.7 Å². The summed E-state index contributed by atoms with van der Waals surface area (Å²) >= 11 is 0. The highest BCUT2D eigenvalue weighted by Gasteiger charge is 2.17. The van der Waals surface area contributed by atoms with Crippen LogP contribution in [0, 0.1) is 5.92 Å². The van der Waals surface area contributed by atoms with Crippen molar-refractivity contribution < 1.29 is 4.21 Å². The van der Waals surface area contributed by atoms with Gasteiger partial charge in [0.1, 0.15) is 11.0 Å². The smallest absolute Gasteiger partial charge is 0.144 e. The Labute approximate surface area is 71.7 Å². The van der Waals surface area contributed by atoms with Gasteiger partial charge in [-0.3, -0.25) is 0 Å². The first-order chi connectivity index (χ1) is 4.84. The lowest BCUT2D eigenvalue weighted by Crippen LogP contribution is -2.19. The van der Waals surface area contributed by atoms with Gasteiger partial charge in [-0.25, -0.2) is 4.21 Å². The van der Waals surface area contributed by atoms with E-state index in [0.717, 1.165) is 0 Å². The van der Waals surface area contributed by atoms with Crippen molar-refractivity contribution in [2.75, 3.05) is 0 Å². The zero-order valence-electron chi connectivity index (χ0n) is 7.92. The normalized spacial score (nSPS) is 16.2. The molecule has 0 aromatic carbocycles. The van der Waals surface area contributed by atoms with Crippen LogP contribution in [0.3, 0.4) is 0 Å². The third-order valence-electron chi connectivity index (χ3n) is 0.979. The van der Waals surface area contributed by atoms with E-state index in [9.17, 15) is 4.21 Å². The summed E-state index contributed by atoms with van der Waals surface area (Å²) in [4.78, 5) is 0. The number of hydrogen-bond donors (Lipinski definition) is 0. The summed E-state index contributed by atoms with van der Waals surface area (Å²) in [5.74, 6) is 0.376. The summed E-state index contributed by atoms with van der Waals surface area (Å²) in [6.07, 6.45) is 1.74. The Morgan fingerprint density at radius 1 is 1.36 bits per heavy atom. The van der Waals surface area contributed by atoms with Crippen molar-refractivity contribution >= 4 is 17.2 Å². The van der Waals surface area contributed by atoms with Crippen molar-refractivity contribution in [3.63, 3.8) is 0 Å². The van der Waals surface area contributed by atoms with Gasteiger partial charge in [-0.2, -0.15) is 4.40 Å². The van der Waals surface area contributed by atoms with Crippen LogP contribution in [-0.4, -0.2) is 15.2 Å². The molecule has 0 N–H and O–H groups in total. The maximum absolute atomic E-state index is 11.3. The molecule has 0 amide bonds. The van der Waals surface area contributed by atoms with E-state index in [1.807, 2.05) is 34.6 Å². The Hall–Kier alpha value is -0.180. The molecule has 0 rings (SSSR count). The van der Waals surface area contributed by atoms with E-state index >= 15 is 0 Å². The van der Waals surface area contributed by atoms with Crippen LogP contribution in [-0.2, 0) is 11.0 Å². The van der Waals surface area contributed by atoms with Gasteiger partial charge in [0.05, 0.1) is 4.75 Å². The number of nitrogens with zero attached hydrogens (tertiary/aromatic N) is 1. The van der Waals surface area contributed by atoms with E-state index in [4.69, 9.17) is 0 Å². The molecule has 3 heteroatoms. The molecular formula is C8H17NOS. The van der Waals surface area contributed by atoms with Crippen LogP contribution >= 0.6 is 0 Å². The van der Waals surface area contributed by atoms with E-state index in [1.54, 1.807) is 6.21 Å². The predicted molar refractivity (Wildman–Crippen MR) is 51.2 cm³/mol. The SMILES string of the molecule is CC(C)/C=N\S(=O)C(C)(C)C. The predicted octanol–water partition coefficient (Wildman–Crippen LogP) is 2.18. The molecule has 1 unspecified atom stereocenters. The molecule has 2 nitrogen and oxygen atoms in total. The van der Waals surface area contributed by atoms with E-state index in [2.05, 4.69) is 4.40 Å². The van der Waals surface area contributed by atoms with Gasteiger partial charge in [-0.1, -0.05) is 13.8 Å². The maximum Gasteiger partial charge on any atom is 0.144 e. The summed E-state index contributed by atoms with van der Waals surface area (Å²) < 4.78 is 15.0. The average molecular weight is 175 g/mol. The molecule has 0 aliphatic carbocycles. The monoisotopic (exact) mass is 175 g/mol. The minimum Gasteiger partial charge on any atom is -0.234 e. The van der Waals surface area contributed by atoms with Crippen LogP contribution in [0.5, 0.6) is 0 Å². The molecule has 0 aromatic heterocycles. The van der Waals surface area contributed by atoms with Gasteiger partial charge in [0.2, 0.25) is 0 Å². The fourth-order valence-corrected chi connectivity index (χ4v) is 1.01. The van der Waals surface area contributed by atoms with Crippen LogP contribution in [0.1, 0.15) is 34.6 Å². The summed E-state index contributed by atoms with van der Waals surface area (Å²) in [7, 11) is -1.09. The Bertz CT molecular complexity index is 167. The van der Waals surface area contributed by atoms with Crippen molar-refractivity contribution in [3.8, 4) is 0 Å². The molecule has 0 heterocycles. The standard InChI is InChI=1S/C8H17NOS/c1-7(2)6-9-11(10)8(3,4)5/h6-7H,1-5H3/b9-6-. The van der Waals surface area contributed by atoms with Crippen molar-refractivity contribution in [2.24, 2.45) is 10.3 Å². The molecule has 0 saturated heterocycles. The van der Waals surface area contributed by atoms with Crippen LogP contribution in [0.25, 0.3) is 0 Å². The third kappa shape index (κ3) is 5.13. The zero-order valence-corrected chi connectivity index (χ0v) is 8.73. The molecule has 0 bridgehead atoms. The van der Waals surface area contributed by atoms with Crippen molar-refractivity contribution in [1.29, 1.82) is 0 Å². The molecule has 0 aliphatic heterocycles. The molecule has 0 aromatic rings. The second-order valence-electron chi connectivity index (χ2n) is 3.86. The van der Waals surface area contributed by atoms with Gasteiger partial charge in [0, 0.05) is 6.21 Å². The first-order valence-corrected chi connectivity index (χ1v) is 4.91. The highest BCUT2D eigenvalue weighted by molar-refractivity contribution is 7.85. The Morgan fingerprint density at radius 3 is 2.09 bits per heavy atom. The van der Waals surface area contributed by atoms with Gasteiger partial charge in [-0.15, -0.1) is 0 Å². The Morgan fingerprint density at radius 2 is 1.82 bits per heavy atom. The second-order valence-corrected chi connectivity index (χ2v) is 5.79. The molecule has 1 atom stereocenters. The van der Waals surface area contributed by atoms with Gasteiger partial charge < -0.3 is 0 Å². The Balaban J connectivity index is 4.09. The van der Waals surface area contributed by atoms with Crippen LogP contribution < -0.4 is 0 Å². The lowest BCUT2D eigenvalue weighted by Gasteiger charge is -2.12. The zero-order chi connectivity index (χ0) is 9.07. The summed E-state index contributed by atoms with van der Waals surface area (Å²) in [5, 5.41) is 0. The lowest BCUT2D eigenvalue weighted by molar-refractivity contribution is 0.650. The maximum atomic E-state index is 11.3. The molecule has 0 aliphatic rings. The summed E-state index contributed by atoms with van der Waals surface area (Å²) in [6.45, 7) is 9.79. The molecule has 11 heavy (non-hydrogen) atoms. The van der Waals surface area contributed by atoms with Crippen LogP contribution in [0.15, 0.2) is 4.40 Å². The van der Waals surface area contributed by atoms with E-state index in [1.165, 1.54) is 0 Å². The minimum atomic E-state index is -1.09. The summed E-state index contributed by atoms with van der Waals surface area (Å²) in [6, 6.07) is 0. The van der Waals surface area contributed by atoms with Gasteiger partial charge in [0.15, 0.2) is 0 Å². The first-order valence-electron chi connectivity index (χ1n) is 3.80. The van der Waals surface area contributed by atoms with E-state index in [-0.39, 0.29) is 4.75 Å². The van der Waals surface area contributed by atoms with Crippen molar-refractivity contribution in [3.05, 3.63) is 0 Å². The molecule has 0 radical (unpaired) electrons. The minimum absolute atomic E-state index is 0.231. The van der Waals surface area contributed by atoms with Crippen molar-refractivity contribution in [1.82, 2.24) is 0 Å². The molecule has 0 fully saturated rings. The molecule has 66 valence electrons. The van der Waals surface area contributed by atoms with Gasteiger partial charge in [0.25, 0.3) is 0 Å². The van der Waals surface area contributed by atoms with Crippen LogP contribution in [0.2, 0.25) is 0 Å². The van der Waals surface area contributed by atoms with E-state index in [0.29, 0.717) is 5.92 Å². The van der Waals surface area contributed by atoms with Crippen molar-refractivity contribution in [2.45, 2.75) is 39.4 Å². The number of hydrogen-bond acceptors (Lipinski definition) is 1. The first kappa shape index (κ1) is 10.8.